The summed E-state index contributed by atoms with van der Waals surface area (Å²) in [5.41, 5.74) is 5.01. The van der Waals surface area contributed by atoms with Gasteiger partial charge in [-0.2, -0.15) is 9.97 Å². The van der Waals surface area contributed by atoms with Crippen LogP contribution in [0.5, 0.6) is 11.8 Å². The van der Waals surface area contributed by atoms with Gasteiger partial charge in [0.1, 0.15) is 23.1 Å². The molecule has 2 atom stereocenters. The number of nitrogens with one attached hydrogen (secondary N) is 1. The minimum Gasteiger partial charge on any atom is -0.423 e. The number of carbonyl (C=O) groups excluding carboxylic acids is 1. The zero-order chi connectivity index (χ0) is 22.7. The van der Waals surface area contributed by atoms with E-state index in [9.17, 15) is 9.18 Å². The molecule has 0 bridgehead atoms. The average molecular weight is 445 g/mol. The van der Waals surface area contributed by atoms with Crippen LogP contribution in [0.3, 0.4) is 0 Å². The highest BCUT2D eigenvalue weighted by atomic mass is 19.1. The van der Waals surface area contributed by atoms with Crippen LogP contribution in [0.2, 0.25) is 0 Å². The molecule has 2 aliphatic heterocycles. The van der Waals surface area contributed by atoms with Crippen molar-refractivity contribution in [1.29, 1.82) is 0 Å². The summed E-state index contributed by atoms with van der Waals surface area (Å²) in [5, 5.41) is 3.58. The van der Waals surface area contributed by atoms with Crippen LogP contribution in [0.1, 0.15) is 40.7 Å². The van der Waals surface area contributed by atoms with Gasteiger partial charge in [-0.25, -0.2) is 9.37 Å². The Morgan fingerprint density at radius 3 is 2.88 bits per heavy atom. The van der Waals surface area contributed by atoms with E-state index in [1.807, 2.05) is 6.92 Å². The fourth-order valence-corrected chi connectivity index (χ4v) is 5.32. The Balaban J connectivity index is 1.42. The Labute approximate surface area is 191 Å². The van der Waals surface area contributed by atoms with Gasteiger partial charge in [0.2, 0.25) is 0 Å². The monoisotopic (exact) mass is 445 g/mol. The molecule has 2 saturated heterocycles. The molecule has 2 fully saturated rings. The molecule has 3 aliphatic rings. The molecule has 168 valence electrons. The molecule has 1 N–H and O–H groups in total. The quantitative estimate of drug-likeness (QED) is 0.480. The minimum absolute atomic E-state index is 0.105. The second-order valence-electron chi connectivity index (χ2n) is 9.13. The van der Waals surface area contributed by atoms with Crippen molar-refractivity contribution < 1.29 is 13.9 Å². The SMILES string of the molecule is CC(=O)c1ccc(Oc2nc3c(c(N4CC5CCNC5C4)n2)-c2cc(F)cc(C)c2C3)cn1. The third kappa shape index (κ3) is 3.45. The predicted octanol–water partition coefficient (Wildman–Crippen LogP) is 3.68. The molecule has 8 heteroatoms. The van der Waals surface area contributed by atoms with Crippen LogP contribution in [-0.4, -0.2) is 46.4 Å². The molecule has 4 heterocycles. The number of pyridine rings is 1. The van der Waals surface area contributed by atoms with Crippen molar-refractivity contribution in [3.63, 3.8) is 0 Å². The summed E-state index contributed by atoms with van der Waals surface area (Å²) in [5.74, 6) is 1.48. The Morgan fingerprint density at radius 2 is 2.12 bits per heavy atom. The number of aromatic nitrogens is 3. The molecule has 1 aromatic carbocycles. The van der Waals surface area contributed by atoms with E-state index in [0.717, 1.165) is 59.8 Å². The van der Waals surface area contributed by atoms with Crippen LogP contribution in [0.15, 0.2) is 30.5 Å². The lowest BCUT2D eigenvalue weighted by Gasteiger charge is -2.22. The normalized spacial score (nSPS) is 20.5. The lowest BCUT2D eigenvalue weighted by Crippen LogP contribution is -2.30. The second kappa shape index (κ2) is 7.59. The summed E-state index contributed by atoms with van der Waals surface area (Å²) >= 11 is 0. The number of ether oxygens (including phenoxy) is 1. The Bertz CT molecular complexity index is 1260. The zero-order valence-corrected chi connectivity index (χ0v) is 18.6. The minimum atomic E-state index is -0.248. The van der Waals surface area contributed by atoms with Crippen molar-refractivity contribution in [3.05, 3.63) is 58.8 Å². The fraction of sp³-hybridized carbons (Fsp3) is 0.360. The van der Waals surface area contributed by atoms with Crippen LogP contribution in [0.4, 0.5) is 10.2 Å². The van der Waals surface area contributed by atoms with Crippen molar-refractivity contribution in [2.24, 2.45) is 5.92 Å². The van der Waals surface area contributed by atoms with Gasteiger partial charge in [0.05, 0.1) is 11.9 Å². The van der Waals surface area contributed by atoms with Crippen molar-refractivity contribution in [3.8, 4) is 22.9 Å². The molecular formula is C25H24FN5O2. The lowest BCUT2D eigenvalue weighted by atomic mass is 10.0. The maximum Gasteiger partial charge on any atom is 0.324 e. The molecular weight excluding hydrogens is 421 g/mol. The van der Waals surface area contributed by atoms with Gasteiger partial charge in [0.25, 0.3) is 0 Å². The number of rotatable bonds is 4. The molecule has 2 aromatic heterocycles. The van der Waals surface area contributed by atoms with E-state index in [-0.39, 0.29) is 17.6 Å². The van der Waals surface area contributed by atoms with Crippen LogP contribution in [0, 0.1) is 18.7 Å². The molecule has 33 heavy (non-hydrogen) atoms. The summed E-state index contributed by atoms with van der Waals surface area (Å²) in [6.45, 7) is 6.22. The maximum absolute atomic E-state index is 14.3. The third-order valence-electron chi connectivity index (χ3n) is 6.96. The molecule has 0 saturated carbocycles. The van der Waals surface area contributed by atoms with Crippen LogP contribution < -0.4 is 15.0 Å². The highest BCUT2D eigenvalue weighted by Crippen LogP contribution is 2.45. The summed E-state index contributed by atoms with van der Waals surface area (Å²) in [4.78, 5) is 27.5. The van der Waals surface area contributed by atoms with E-state index in [0.29, 0.717) is 29.8 Å². The molecule has 6 rings (SSSR count). The average Bonchev–Trinajstić information content (AvgIpc) is 3.47. The van der Waals surface area contributed by atoms with Crippen LogP contribution >= 0.6 is 0 Å². The van der Waals surface area contributed by atoms with E-state index >= 15 is 0 Å². The summed E-state index contributed by atoms with van der Waals surface area (Å²) < 4.78 is 20.3. The number of anilines is 1. The number of halogens is 1. The first-order valence-electron chi connectivity index (χ1n) is 11.3. The predicted molar refractivity (Wildman–Crippen MR) is 121 cm³/mol. The molecule has 2 unspecified atom stereocenters. The highest BCUT2D eigenvalue weighted by Gasteiger charge is 2.39. The number of Topliss-reactive ketones (excluding diaryl/α,β-unsaturated/α-hetero) is 1. The van der Waals surface area contributed by atoms with E-state index in [4.69, 9.17) is 14.7 Å². The maximum atomic E-state index is 14.3. The number of nitrogens with zero attached hydrogens (tertiary/aromatic N) is 4. The first-order chi connectivity index (χ1) is 16.0. The number of hydrogen-bond acceptors (Lipinski definition) is 7. The van der Waals surface area contributed by atoms with Gasteiger partial charge in [0.15, 0.2) is 5.78 Å². The highest BCUT2D eigenvalue weighted by molar-refractivity contribution is 5.92. The van der Waals surface area contributed by atoms with Crippen molar-refractivity contribution in [1.82, 2.24) is 20.3 Å². The standard InChI is InChI=1S/C25H24FN5O2/c1-13-7-16(26)8-19-18(13)9-21-23(19)24(31-11-15-5-6-27-22(15)12-31)30-25(29-21)33-17-3-4-20(14(2)32)28-10-17/h3-4,7-8,10,15,22,27H,5-6,9,11-12H2,1-2H3. The number of aryl methyl sites for hydroxylation is 1. The summed E-state index contributed by atoms with van der Waals surface area (Å²) in [7, 11) is 0. The van der Waals surface area contributed by atoms with E-state index in [2.05, 4.69) is 15.2 Å². The first-order valence-corrected chi connectivity index (χ1v) is 11.3. The molecule has 1 aliphatic carbocycles. The fourth-order valence-electron chi connectivity index (χ4n) is 5.32. The van der Waals surface area contributed by atoms with Gasteiger partial charge in [-0.1, -0.05) is 0 Å². The van der Waals surface area contributed by atoms with Crippen LogP contribution in [0.25, 0.3) is 11.1 Å². The van der Waals surface area contributed by atoms with E-state index in [1.165, 1.54) is 13.1 Å². The topological polar surface area (TPSA) is 80.2 Å². The van der Waals surface area contributed by atoms with Gasteiger partial charge >= 0.3 is 6.01 Å². The molecule has 0 spiro atoms. The molecule has 0 radical (unpaired) electrons. The van der Waals surface area contributed by atoms with E-state index < -0.39 is 0 Å². The van der Waals surface area contributed by atoms with E-state index in [1.54, 1.807) is 24.3 Å². The Morgan fingerprint density at radius 1 is 1.24 bits per heavy atom. The number of ketones is 1. The number of carbonyl (C=O) groups is 1. The molecule has 0 amide bonds. The summed E-state index contributed by atoms with van der Waals surface area (Å²) in [6.07, 6.45) is 3.27. The van der Waals surface area contributed by atoms with Crippen LogP contribution in [-0.2, 0) is 6.42 Å². The van der Waals surface area contributed by atoms with Gasteiger partial charge in [0, 0.05) is 38.0 Å². The second-order valence-corrected chi connectivity index (χ2v) is 9.13. The van der Waals surface area contributed by atoms with Crippen molar-refractivity contribution >= 4 is 11.6 Å². The van der Waals surface area contributed by atoms with Crippen molar-refractivity contribution in [2.75, 3.05) is 24.5 Å². The number of fused-ring (bicyclic) bond motifs is 4. The third-order valence-corrected chi connectivity index (χ3v) is 6.96. The Kier molecular flexibility index (Phi) is 4.65. The zero-order valence-electron chi connectivity index (χ0n) is 18.6. The van der Waals surface area contributed by atoms with Gasteiger partial charge < -0.3 is 15.0 Å². The largest absolute Gasteiger partial charge is 0.423 e. The smallest absolute Gasteiger partial charge is 0.324 e. The molecule has 3 aromatic rings. The van der Waals surface area contributed by atoms with Gasteiger partial charge in [-0.05, 0) is 66.8 Å². The van der Waals surface area contributed by atoms with Crippen molar-refractivity contribution in [2.45, 2.75) is 32.7 Å². The molecule has 7 nitrogen and oxygen atoms in total. The van der Waals surface area contributed by atoms with Gasteiger partial charge in [-0.15, -0.1) is 0 Å². The Hall–Kier alpha value is -3.39. The lowest BCUT2D eigenvalue weighted by molar-refractivity contribution is 0.101. The summed E-state index contributed by atoms with van der Waals surface area (Å²) in [6, 6.07) is 7.16. The number of benzene rings is 1. The van der Waals surface area contributed by atoms with Gasteiger partial charge in [-0.3, -0.25) is 4.79 Å². The number of hydrogen-bond donors (Lipinski definition) is 1. The first kappa shape index (κ1) is 20.2.